The number of alkyl halides is 6. The van der Waals surface area contributed by atoms with Crippen LogP contribution < -0.4 is 0 Å². The molecule has 0 atom stereocenters. The van der Waals surface area contributed by atoms with Crippen molar-refractivity contribution in [3.8, 4) is 0 Å². The van der Waals surface area contributed by atoms with Gasteiger partial charge in [0.25, 0.3) is 0 Å². The molecule has 1 aliphatic rings. The third-order valence-corrected chi connectivity index (χ3v) is 15.1. The number of hydrogen-bond acceptors (Lipinski definition) is 8. The summed E-state index contributed by atoms with van der Waals surface area (Å²) in [6.45, 7) is 6.95. The van der Waals surface area contributed by atoms with Crippen molar-refractivity contribution in [1.29, 1.82) is 0 Å². The van der Waals surface area contributed by atoms with E-state index in [9.17, 15) is 59.4 Å². The standard InChI is InChI=1S/C13H11FO2S.2C11H7F3O2S.C11H9FO2S/c14-8-4-5-9-10(6-8)17-12(13(15)16)11(9)7-2-1-3-7;1-5-2-3-7-6(4-5)8(11(12,13)14)9(17-7)10(15)16;1-5-2-3-6-7(4-5)17-9(10(15)16)8(6)11(12,13)14;1-5-3-7(12)4-8-9(5)6(2)10(15-8)11(13)14/h4-7H,1-3H2,(H,15,16);2*2-4H,1H3,(H,15,16);3-4H,1-2H3,(H,13,14). The summed E-state index contributed by atoms with van der Waals surface area (Å²) in [5.74, 6) is -5.22. The second kappa shape index (κ2) is 19.1. The Morgan fingerprint density at radius 1 is 0.515 bits per heavy atom. The molecule has 0 bridgehead atoms. The van der Waals surface area contributed by atoms with Gasteiger partial charge in [0, 0.05) is 29.6 Å². The van der Waals surface area contributed by atoms with E-state index in [0.29, 0.717) is 58.0 Å². The van der Waals surface area contributed by atoms with Crippen LogP contribution in [0.3, 0.4) is 0 Å². The Kier molecular flexibility index (Phi) is 14.3. The van der Waals surface area contributed by atoms with Crippen molar-refractivity contribution >= 4 is 110 Å². The highest BCUT2D eigenvalue weighted by atomic mass is 32.1. The fourth-order valence-corrected chi connectivity index (χ4v) is 11.9. The number of carbonyl (C=O) groups is 4. The molecule has 0 spiro atoms. The predicted octanol–water partition coefficient (Wildman–Crippen LogP) is 15.2. The van der Waals surface area contributed by atoms with Crippen LogP contribution in [-0.2, 0) is 12.4 Å². The number of thiophene rings is 4. The van der Waals surface area contributed by atoms with Gasteiger partial charge in [0.05, 0.1) is 11.1 Å². The van der Waals surface area contributed by atoms with Crippen molar-refractivity contribution in [2.75, 3.05) is 0 Å². The monoisotopic (exact) mass is 994 g/mol. The topological polar surface area (TPSA) is 149 Å². The smallest absolute Gasteiger partial charge is 0.418 e. The molecule has 4 heterocycles. The van der Waals surface area contributed by atoms with Gasteiger partial charge in [-0.15, -0.1) is 45.3 Å². The summed E-state index contributed by atoms with van der Waals surface area (Å²) in [6, 6.07) is 16.3. The molecule has 4 aromatic carbocycles. The maximum absolute atomic E-state index is 13.1. The third-order valence-electron chi connectivity index (χ3n) is 10.4. The third kappa shape index (κ3) is 10.4. The van der Waals surface area contributed by atoms with Crippen LogP contribution in [-0.4, -0.2) is 44.3 Å². The quantitative estimate of drug-likeness (QED) is 0.125. The van der Waals surface area contributed by atoms with Crippen LogP contribution in [0.1, 0.15) is 103 Å². The molecule has 0 saturated heterocycles. The summed E-state index contributed by atoms with van der Waals surface area (Å²) >= 11 is 3.61. The van der Waals surface area contributed by atoms with Crippen LogP contribution in [0.15, 0.2) is 66.7 Å². The lowest BCUT2D eigenvalue weighted by molar-refractivity contribution is -0.137. The zero-order valence-corrected chi connectivity index (χ0v) is 37.9. The van der Waals surface area contributed by atoms with E-state index in [0.717, 1.165) is 68.3 Å². The van der Waals surface area contributed by atoms with Crippen LogP contribution in [0.25, 0.3) is 40.3 Å². The Balaban J connectivity index is 0.000000146. The van der Waals surface area contributed by atoms with E-state index >= 15 is 0 Å². The Hall–Kier alpha value is -5.96. The van der Waals surface area contributed by atoms with E-state index < -0.39 is 57.1 Å². The zero-order chi connectivity index (χ0) is 48.7. The van der Waals surface area contributed by atoms with Crippen molar-refractivity contribution in [2.24, 2.45) is 0 Å². The molecule has 1 saturated carbocycles. The maximum atomic E-state index is 13.1. The Morgan fingerprint density at radius 3 is 1.53 bits per heavy atom. The Bertz CT molecular complexity index is 3190. The number of carboxylic acid groups (broad SMARTS) is 4. The molecular weight excluding hydrogens is 961 g/mol. The molecule has 0 unspecified atom stereocenters. The van der Waals surface area contributed by atoms with Crippen molar-refractivity contribution in [1.82, 2.24) is 0 Å². The van der Waals surface area contributed by atoms with Crippen molar-refractivity contribution in [2.45, 2.75) is 65.2 Å². The predicted molar refractivity (Wildman–Crippen MR) is 241 cm³/mol. The summed E-state index contributed by atoms with van der Waals surface area (Å²) < 4.78 is 105. The van der Waals surface area contributed by atoms with Gasteiger partial charge in [0.15, 0.2) is 0 Å². The number of carboxylic acids is 4. The Morgan fingerprint density at radius 2 is 0.985 bits per heavy atom. The lowest BCUT2D eigenvalue weighted by Crippen LogP contribution is -2.11. The first-order valence-corrected chi connectivity index (χ1v) is 22.6. The zero-order valence-electron chi connectivity index (χ0n) is 34.6. The number of halogens is 8. The van der Waals surface area contributed by atoms with Crippen LogP contribution in [0.2, 0.25) is 0 Å². The van der Waals surface area contributed by atoms with Crippen molar-refractivity contribution < 1.29 is 74.7 Å². The van der Waals surface area contributed by atoms with Gasteiger partial charge < -0.3 is 20.4 Å². The fourth-order valence-electron chi connectivity index (χ4n) is 7.41. The highest BCUT2D eigenvalue weighted by Crippen LogP contribution is 2.46. The molecule has 8 aromatic rings. The van der Waals surface area contributed by atoms with Gasteiger partial charge >= 0.3 is 36.2 Å². The molecule has 346 valence electrons. The largest absolute Gasteiger partial charge is 0.477 e. The van der Waals surface area contributed by atoms with E-state index in [1.54, 1.807) is 45.9 Å². The molecule has 8 nitrogen and oxygen atoms in total. The molecular formula is C46H34F8O8S4. The molecule has 66 heavy (non-hydrogen) atoms. The minimum Gasteiger partial charge on any atom is -0.477 e. The van der Waals surface area contributed by atoms with E-state index in [1.807, 2.05) is 0 Å². The van der Waals surface area contributed by atoms with E-state index in [4.69, 9.17) is 15.3 Å². The molecule has 0 aliphatic heterocycles. The van der Waals surface area contributed by atoms with Crippen molar-refractivity contribution in [3.05, 3.63) is 137 Å². The normalized spacial score (nSPS) is 12.8. The van der Waals surface area contributed by atoms with Crippen LogP contribution in [0, 0.1) is 39.3 Å². The molecule has 0 radical (unpaired) electrons. The SMILES string of the molecule is Cc1cc(F)cc2sc(C(=O)O)c(C)c12.Cc1ccc2c(C(F)(F)F)c(C(=O)O)sc2c1.Cc1ccc2sc(C(=O)O)c(C(F)(F)F)c2c1.O=C(O)c1sc2cc(F)ccc2c1C1CCC1. The molecule has 0 amide bonds. The van der Waals surface area contributed by atoms with Gasteiger partial charge in [-0.3, -0.25) is 0 Å². The molecule has 1 fully saturated rings. The lowest BCUT2D eigenvalue weighted by atomic mass is 9.79. The second-order valence-electron chi connectivity index (χ2n) is 15.1. The van der Waals surface area contributed by atoms with Gasteiger partial charge in [-0.25, -0.2) is 28.0 Å². The summed E-state index contributed by atoms with van der Waals surface area (Å²) in [7, 11) is 0. The van der Waals surface area contributed by atoms with Gasteiger partial charge in [-0.05, 0) is 122 Å². The minimum atomic E-state index is -4.65. The Labute approximate surface area is 384 Å². The number of aromatic carboxylic acids is 4. The maximum Gasteiger partial charge on any atom is 0.418 e. The fraction of sp³-hybridized carbons (Fsp3) is 0.217. The highest BCUT2D eigenvalue weighted by Gasteiger charge is 2.40. The van der Waals surface area contributed by atoms with Gasteiger partial charge in [-0.1, -0.05) is 36.2 Å². The molecule has 9 rings (SSSR count). The summed E-state index contributed by atoms with van der Waals surface area (Å²) in [6.07, 6.45) is -6.06. The summed E-state index contributed by atoms with van der Waals surface area (Å²) in [5, 5.41) is 37.5. The van der Waals surface area contributed by atoms with Crippen molar-refractivity contribution in [3.63, 3.8) is 0 Å². The molecule has 4 aromatic heterocycles. The first-order chi connectivity index (χ1) is 30.8. The highest BCUT2D eigenvalue weighted by molar-refractivity contribution is 7.22. The minimum absolute atomic E-state index is 0.0418. The van der Waals surface area contributed by atoms with E-state index in [-0.39, 0.29) is 22.4 Å². The molecule has 4 N–H and O–H groups in total. The van der Waals surface area contributed by atoms with Crippen LogP contribution in [0.4, 0.5) is 35.1 Å². The van der Waals surface area contributed by atoms with Gasteiger partial charge in [0.2, 0.25) is 0 Å². The van der Waals surface area contributed by atoms with Crippen LogP contribution >= 0.6 is 45.3 Å². The van der Waals surface area contributed by atoms with E-state index in [1.165, 1.54) is 59.9 Å². The number of fused-ring (bicyclic) bond motifs is 4. The first kappa shape index (κ1) is 49.5. The average molecular weight is 995 g/mol. The van der Waals surface area contributed by atoms with Gasteiger partial charge in [-0.2, -0.15) is 26.3 Å². The molecule has 1 aliphatic carbocycles. The number of rotatable bonds is 5. The average Bonchev–Trinajstić information content (AvgIpc) is 3.95. The first-order valence-electron chi connectivity index (χ1n) is 19.3. The van der Waals surface area contributed by atoms with Crippen LogP contribution in [0.5, 0.6) is 0 Å². The summed E-state index contributed by atoms with van der Waals surface area (Å²) in [5.41, 5.74) is 1.79. The summed E-state index contributed by atoms with van der Waals surface area (Å²) in [4.78, 5) is 43.2. The van der Waals surface area contributed by atoms with Gasteiger partial charge in [0.1, 0.15) is 31.1 Å². The molecule has 20 heteroatoms. The number of aryl methyl sites for hydroxylation is 4. The number of hydrogen-bond donors (Lipinski definition) is 4. The second-order valence-corrected chi connectivity index (χ2v) is 19.3. The lowest BCUT2D eigenvalue weighted by Gasteiger charge is -2.25. The number of benzene rings is 4. The van der Waals surface area contributed by atoms with E-state index in [2.05, 4.69) is 0 Å².